The van der Waals surface area contributed by atoms with Gasteiger partial charge in [-0.25, -0.2) is 8.78 Å². The normalized spacial score (nSPS) is 13.1. The number of nitrogens with one attached hydrogen (secondary N) is 1. The molecule has 0 heterocycles. The van der Waals surface area contributed by atoms with Gasteiger partial charge in [0.2, 0.25) is 0 Å². The summed E-state index contributed by atoms with van der Waals surface area (Å²) in [4.78, 5) is 0. The van der Waals surface area contributed by atoms with Crippen LogP contribution in [0.4, 0.5) is 8.78 Å². The zero-order valence-corrected chi connectivity index (χ0v) is 9.63. The summed E-state index contributed by atoms with van der Waals surface area (Å²) in [5.74, 6) is 3.99. The maximum absolute atomic E-state index is 13.6. The minimum absolute atomic E-state index is 0.196. The van der Waals surface area contributed by atoms with Crippen LogP contribution in [0.1, 0.15) is 38.3 Å². The number of hydrogen-bond donors (Lipinski definition) is 2. The SMILES string of the molecule is CCC(CC)C(NN)c1cccc(F)c1F. The van der Waals surface area contributed by atoms with Crippen molar-refractivity contribution in [2.45, 2.75) is 32.7 Å². The lowest BCUT2D eigenvalue weighted by molar-refractivity contribution is 0.332. The molecule has 1 atom stereocenters. The average Bonchev–Trinajstić information content (AvgIpc) is 2.30. The van der Waals surface area contributed by atoms with Crippen LogP contribution in [0.25, 0.3) is 0 Å². The minimum atomic E-state index is -0.830. The van der Waals surface area contributed by atoms with Crippen molar-refractivity contribution >= 4 is 0 Å². The minimum Gasteiger partial charge on any atom is -0.271 e. The second-order valence-electron chi connectivity index (χ2n) is 3.86. The van der Waals surface area contributed by atoms with Crippen LogP contribution in [0.15, 0.2) is 18.2 Å². The van der Waals surface area contributed by atoms with E-state index in [1.807, 2.05) is 13.8 Å². The summed E-state index contributed by atoms with van der Waals surface area (Å²) >= 11 is 0. The Kier molecular flexibility index (Phi) is 4.83. The lowest BCUT2D eigenvalue weighted by Gasteiger charge is -2.25. The topological polar surface area (TPSA) is 38.0 Å². The molecular formula is C12H18F2N2. The van der Waals surface area contributed by atoms with Gasteiger partial charge in [-0.3, -0.25) is 11.3 Å². The van der Waals surface area contributed by atoms with E-state index in [0.29, 0.717) is 5.56 Å². The van der Waals surface area contributed by atoms with Crippen LogP contribution < -0.4 is 11.3 Å². The first-order chi connectivity index (χ1) is 7.65. The van der Waals surface area contributed by atoms with Crippen LogP contribution >= 0.6 is 0 Å². The van der Waals surface area contributed by atoms with Gasteiger partial charge >= 0.3 is 0 Å². The second-order valence-corrected chi connectivity index (χ2v) is 3.86. The summed E-state index contributed by atoms with van der Waals surface area (Å²) in [5.41, 5.74) is 2.88. The van der Waals surface area contributed by atoms with E-state index in [1.165, 1.54) is 6.07 Å². The molecule has 0 amide bonds. The molecule has 1 aromatic carbocycles. The fourth-order valence-corrected chi connectivity index (χ4v) is 2.00. The Morgan fingerprint density at radius 3 is 2.38 bits per heavy atom. The lowest BCUT2D eigenvalue weighted by atomic mass is 9.89. The second kappa shape index (κ2) is 5.92. The maximum Gasteiger partial charge on any atom is 0.163 e. The van der Waals surface area contributed by atoms with Gasteiger partial charge in [0.1, 0.15) is 0 Å². The zero-order chi connectivity index (χ0) is 12.1. The van der Waals surface area contributed by atoms with E-state index in [0.717, 1.165) is 18.9 Å². The molecule has 0 saturated carbocycles. The number of hydrogen-bond acceptors (Lipinski definition) is 2. The van der Waals surface area contributed by atoms with E-state index in [4.69, 9.17) is 5.84 Å². The molecular weight excluding hydrogens is 210 g/mol. The van der Waals surface area contributed by atoms with Crippen LogP contribution in [0.5, 0.6) is 0 Å². The Hall–Kier alpha value is -1.00. The molecule has 0 bridgehead atoms. The van der Waals surface area contributed by atoms with Crippen LogP contribution in [0.3, 0.4) is 0 Å². The fraction of sp³-hybridized carbons (Fsp3) is 0.500. The third-order valence-corrected chi connectivity index (χ3v) is 3.02. The number of hydrazine groups is 1. The maximum atomic E-state index is 13.6. The summed E-state index contributed by atoms with van der Waals surface area (Å²) in [5, 5.41) is 0. The summed E-state index contributed by atoms with van der Waals surface area (Å²) < 4.78 is 26.7. The number of nitrogens with two attached hydrogens (primary N) is 1. The summed E-state index contributed by atoms with van der Waals surface area (Å²) in [6.07, 6.45) is 1.72. The van der Waals surface area contributed by atoms with Crippen molar-refractivity contribution in [2.24, 2.45) is 11.8 Å². The number of benzene rings is 1. The Morgan fingerprint density at radius 1 is 1.25 bits per heavy atom. The first kappa shape index (κ1) is 13.1. The van der Waals surface area contributed by atoms with Gasteiger partial charge in [0, 0.05) is 5.56 Å². The zero-order valence-electron chi connectivity index (χ0n) is 9.63. The van der Waals surface area contributed by atoms with Crippen LogP contribution in [0.2, 0.25) is 0 Å². The standard InChI is InChI=1S/C12H18F2N2/c1-3-8(4-2)12(16-15)9-6-5-7-10(13)11(9)14/h5-8,12,16H,3-4,15H2,1-2H3. The van der Waals surface area contributed by atoms with E-state index in [2.05, 4.69) is 5.43 Å². The van der Waals surface area contributed by atoms with Crippen LogP contribution in [-0.4, -0.2) is 0 Å². The van der Waals surface area contributed by atoms with Crippen LogP contribution in [0, 0.1) is 17.6 Å². The molecule has 0 saturated heterocycles. The van der Waals surface area contributed by atoms with E-state index in [-0.39, 0.29) is 12.0 Å². The molecule has 0 aliphatic heterocycles. The molecule has 0 fully saturated rings. The molecule has 0 aliphatic rings. The van der Waals surface area contributed by atoms with Crippen molar-refractivity contribution in [1.82, 2.24) is 5.43 Å². The lowest BCUT2D eigenvalue weighted by Crippen LogP contribution is -2.34. The number of rotatable bonds is 5. The van der Waals surface area contributed by atoms with Crippen molar-refractivity contribution in [3.8, 4) is 0 Å². The van der Waals surface area contributed by atoms with Gasteiger partial charge < -0.3 is 0 Å². The smallest absolute Gasteiger partial charge is 0.163 e. The van der Waals surface area contributed by atoms with Crippen molar-refractivity contribution in [3.05, 3.63) is 35.4 Å². The summed E-state index contributed by atoms with van der Waals surface area (Å²) in [6, 6.07) is 3.84. The van der Waals surface area contributed by atoms with Gasteiger partial charge in [-0.2, -0.15) is 0 Å². The predicted molar refractivity (Wildman–Crippen MR) is 60.5 cm³/mol. The highest BCUT2D eigenvalue weighted by molar-refractivity contribution is 5.23. The monoisotopic (exact) mass is 228 g/mol. The molecule has 4 heteroatoms. The van der Waals surface area contributed by atoms with Gasteiger partial charge in [-0.15, -0.1) is 0 Å². The van der Waals surface area contributed by atoms with Gasteiger partial charge in [0.15, 0.2) is 11.6 Å². The van der Waals surface area contributed by atoms with E-state index in [1.54, 1.807) is 6.07 Å². The summed E-state index contributed by atoms with van der Waals surface area (Å²) in [6.45, 7) is 4.02. The first-order valence-corrected chi connectivity index (χ1v) is 5.55. The molecule has 16 heavy (non-hydrogen) atoms. The van der Waals surface area contributed by atoms with Gasteiger partial charge in [-0.05, 0) is 12.0 Å². The molecule has 2 nitrogen and oxygen atoms in total. The van der Waals surface area contributed by atoms with Crippen molar-refractivity contribution < 1.29 is 8.78 Å². The molecule has 3 N–H and O–H groups in total. The Morgan fingerprint density at radius 2 is 1.88 bits per heavy atom. The summed E-state index contributed by atoms with van der Waals surface area (Å²) in [7, 11) is 0. The molecule has 1 unspecified atom stereocenters. The molecule has 1 rings (SSSR count). The molecule has 0 radical (unpaired) electrons. The third-order valence-electron chi connectivity index (χ3n) is 3.02. The third kappa shape index (κ3) is 2.57. The molecule has 0 aliphatic carbocycles. The highest BCUT2D eigenvalue weighted by Crippen LogP contribution is 2.29. The first-order valence-electron chi connectivity index (χ1n) is 5.55. The highest BCUT2D eigenvalue weighted by Gasteiger charge is 2.23. The largest absolute Gasteiger partial charge is 0.271 e. The Labute approximate surface area is 94.8 Å². The molecule has 0 spiro atoms. The number of halogens is 2. The molecule has 1 aromatic rings. The van der Waals surface area contributed by atoms with E-state index < -0.39 is 11.6 Å². The van der Waals surface area contributed by atoms with E-state index in [9.17, 15) is 8.78 Å². The van der Waals surface area contributed by atoms with Gasteiger partial charge in [-0.1, -0.05) is 38.8 Å². The van der Waals surface area contributed by atoms with Gasteiger partial charge in [0.25, 0.3) is 0 Å². The van der Waals surface area contributed by atoms with Crippen LogP contribution in [-0.2, 0) is 0 Å². The Bertz CT molecular complexity index is 338. The average molecular weight is 228 g/mol. The molecule has 90 valence electrons. The van der Waals surface area contributed by atoms with E-state index >= 15 is 0 Å². The van der Waals surface area contributed by atoms with Crippen molar-refractivity contribution in [3.63, 3.8) is 0 Å². The highest BCUT2D eigenvalue weighted by atomic mass is 19.2. The predicted octanol–water partition coefficient (Wildman–Crippen LogP) is 2.91. The fourth-order valence-electron chi connectivity index (χ4n) is 2.00. The van der Waals surface area contributed by atoms with Crippen molar-refractivity contribution in [2.75, 3.05) is 0 Å². The quantitative estimate of drug-likeness (QED) is 0.600. The van der Waals surface area contributed by atoms with Crippen molar-refractivity contribution in [1.29, 1.82) is 0 Å². The van der Waals surface area contributed by atoms with Gasteiger partial charge in [0.05, 0.1) is 6.04 Å². The molecule has 0 aromatic heterocycles. The Balaban J connectivity index is 3.07.